The van der Waals surface area contributed by atoms with Gasteiger partial charge in [-0.1, -0.05) is 25.1 Å². The van der Waals surface area contributed by atoms with Crippen molar-refractivity contribution in [2.75, 3.05) is 0 Å². The van der Waals surface area contributed by atoms with E-state index in [0.29, 0.717) is 12.0 Å². The Bertz CT molecular complexity index is 525. The van der Waals surface area contributed by atoms with Gasteiger partial charge in [-0.3, -0.25) is 4.79 Å². The number of carboxylic acid groups (broad SMARTS) is 1. The highest BCUT2D eigenvalue weighted by Crippen LogP contribution is 2.15. The molecule has 0 aromatic heterocycles. The van der Waals surface area contributed by atoms with Gasteiger partial charge in [0, 0.05) is 6.04 Å². The third-order valence-corrected chi connectivity index (χ3v) is 4.30. The van der Waals surface area contributed by atoms with Crippen LogP contribution in [0.3, 0.4) is 0 Å². The van der Waals surface area contributed by atoms with Crippen LogP contribution in [0.2, 0.25) is 0 Å². The lowest BCUT2D eigenvalue weighted by molar-refractivity contribution is -0.137. The van der Waals surface area contributed by atoms with Crippen molar-refractivity contribution in [1.29, 1.82) is 0 Å². The maximum Gasteiger partial charge on any atom is 0.304 e. The molecule has 100 valence electrons. The number of nitrogens with one attached hydrogen (secondary N) is 1. The first-order valence-electron chi connectivity index (χ1n) is 5.66. The van der Waals surface area contributed by atoms with Gasteiger partial charge in [0.25, 0.3) is 0 Å². The summed E-state index contributed by atoms with van der Waals surface area (Å²) in [6, 6.07) is 6.01. The second-order valence-corrected chi connectivity index (χ2v) is 5.77. The monoisotopic (exact) mass is 271 g/mol. The van der Waals surface area contributed by atoms with Gasteiger partial charge in [-0.25, -0.2) is 13.1 Å². The molecule has 0 aliphatic rings. The van der Waals surface area contributed by atoms with Crippen LogP contribution in [0.5, 0.6) is 0 Å². The average molecular weight is 271 g/mol. The molecule has 0 saturated carbocycles. The van der Waals surface area contributed by atoms with E-state index in [4.69, 9.17) is 5.11 Å². The van der Waals surface area contributed by atoms with Crippen molar-refractivity contribution < 1.29 is 18.3 Å². The second kappa shape index (κ2) is 5.97. The van der Waals surface area contributed by atoms with Crippen LogP contribution >= 0.6 is 0 Å². The van der Waals surface area contributed by atoms with E-state index in [1.165, 1.54) is 6.07 Å². The van der Waals surface area contributed by atoms with E-state index in [1.54, 1.807) is 32.0 Å². The van der Waals surface area contributed by atoms with Gasteiger partial charge >= 0.3 is 5.97 Å². The lowest BCUT2D eigenvalue weighted by Crippen LogP contribution is -2.36. The van der Waals surface area contributed by atoms with E-state index in [0.717, 1.165) is 0 Å². The Morgan fingerprint density at radius 1 is 1.39 bits per heavy atom. The normalized spacial score (nSPS) is 13.2. The summed E-state index contributed by atoms with van der Waals surface area (Å²) in [5, 5.41) is 8.70. The van der Waals surface area contributed by atoms with E-state index >= 15 is 0 Å². The summed E-state index contributed by atoms with van der Waals surface area (Å²) in [7, 11) is -3.66. The van der Waals surface area contributed by atoms with Gasteiger partial charge in [-0.2, -0.15) is 0 Å². The zero-order valence-electron chi connectivity index (χ0n) is 10.4. The number of sulfonamides is 1. The third-order valence-electron chi connectivity index (χ3n) is 2.62. The number of hydrogen-bond donors (Lipinski definition) is 2. The summed E-state index contributed by atoms with van der Waals surface area (Å²) in [4.78, 5) is 10.8. The quantitative estimate of drug-likeness (QED) is 0.821. The Balaban J connectivity index is 2.94. The van der Waals surface area contributed by atoms with Crippen LogP contribution in [-0.2, 0) is 14.8 Å². The molecule has 0 bridgehead atoms. The molecule has 0 aliphatic heterocycles. The van der Waals surface area contributed by atoms with Crippen molar-refractivity contribution in [3.05, 3.63) is 29.8 Å². The van der Waals surface area contributed by atoms with Crippen molar-refractivity contribution >= 4 is 16.0 Å². The van der Waals surface area contributed by atoms with Gasteiger partial charge in [-0.05, 0) is 25.0 Å². The molecule has 1 unspecified atom stereocenters. The Morgan fingerprint density at radius 3 is 2.50 bits per heavy atom. The largest absolute Gasteiger partial charge is 0.481 e. The third kappa shape index (κ3) is 3.82. The van der Waals surface area contributed by atoms with Gasteiger partial charge in [-0.15, -0.1) is 0 Å². The molecule has 5 nitrogen and oxygen atoms in total. The molecule has 0 spiro atoms. The summed E-state index contributed by atoms with van der Waals surface area (Å²) < 4.78 is 26.6. The zero-order valence-corrected chi connectivity index (χ0v) is 11.2. The smallest absolute Gasteiger partial charge is 0.304 e. The first-order valence-corrected chi connectivity index (χ1v) is 7.15. The molecule has 18 heavy (non-hydrogen) atoms. The molecule has 1 rings (SSSR count). The topological polar surface area (TPSA) is 83.5 Å². The van der Waals surface area contributed by atoms with Crippen molar-refractivity contribution in [3.8, 4) is 0 Å². The molecule has 0 radical (unpaired) electrons. The zero-order chi connectivity index (χ0) is 13.8. The highest BCUT2D eigenvalue weighted by atomic mass is 32.2. The molecular formula is C12H17NO4S. The van der Waals surface area contributed by atoms with Crippen molar-refractivity contribution in [1.82, 2.24) is 4.72 Å². The van der Waals surface area contributed by atoms with Crippen LogP contribution in [0.25, 0.3) is 0 Å². The number of benzene rings is 1. The summed E-state index contributed by atoms with van der Waals surface area (Å²) in [5.41, 5.74) is 0.634. The fourth-order valence-electron chi connectivity index (χ4n) is 1.62. The van der Waals surface area contributed by atoms with Crippen LogP contribution in [0.4, 0.5) is 0 Å². The average Bonchev–Trinajstić information content (AvgIpc) is 2.27. The molecule has 1 atom stereocenters. The molecule has 0 saturated heterocycles. The van der Waals surface area contributed by atoms with Gasteiger partial charge in [0.2, 0.25) is 10.0 Å². The molecule has 0 aliphatic carbocycles. The lowest BCUT2D eigenvalue weighted by atomic mass is 10.2. The first-order chi connectivity index (χ1) is 8.36. The molecule has 0 heterocycles. The molecule has 0 amide bonds. The number of carbonyl (C=O) groups is 1. The number of carboxylic acids is 1. The number of rotatable bonds is 6. The summed E-state index contributed by atoms with van der Waals surface area (Å²) in [6.45, 7) is 3.45. The highest BCUT2D eigenvalue weighted by Gasteiger charge is 2.21. The second-order valence-electron chi connectivity index (χ2n) is 4.09. The van der Waals surface area contributed by atoms with Gasteiger partial charge in [0.1, 0.15) is 0 Å². The highest BCUT2D eigenvalue weighted by molar-refractivity contribution is 7.89. The Kier molecular flexibility index (Phi) is 4.86. The molecule has 0 fully saturated rings. The van der Waals surface area contributed by atoms with E-state index in [-0.39, 0.29) is 11.3 Å². The van der Waals surface area contributed by atoms with Crippen LogP contribution in [-0.4, -0.2) is 25.5 Å². The van der Waals surface area contributed by atoms with Gasteiger partial charge in [0.15, 0.2) is 0 Å². The molecule has 1 aromatic carbocycles. The molecular weight excluding hydrogens is 254 g/mol. The van der Waals surface area contributed by atoms with Crippen LogP contribution in [0.15, 0.2) is 29.2 Å². The minimum absolute atomic E-state index is 0.189. The van der Waals surface area contributed by atoms with E-state index in [9.17, 15) is 13.2 Å². The standard InChI is InChI=1S/C12H17NO4S/c1-3-10(8-12(14)15)13-18(16,17)11-7-5-4-6-9(11)2/h4-7,10,13H,3,8H2,1-2H3,(H,14,15). The minimum Gasteiger partial charge on any atom is -0.481 e. The first kappa shape index (κ1) is 14.7. The molecule has 1 aromatic rings. The summed E-state index contributed by atoms with van der Waals surface area (Å²) in [5.74, 6) is -1.02. The van der Waals surface area contributed by atoms with Crippen molar-refractivity contribution in [3.63, 3.8) is 0 Å². The summed E-state index contributed by atoms with van der Waals surface area (Å²) >= 11 is 0. The fourth-order valence-corrected chi connectivity index (χ4v) is 3.19. The number of hydrogen-bond acceptors (Lipinski definition) is 3. The number of aliphatic carboxylic acids is 1. The maximum absolute atomic E-state index is 12.1. The maximum atomic E-state index is 12.1. The Morgan fingerprint density at radius 2 is 2.00 bits per heavy atom. The minimum atomic E-state index is -3.66. The van der Waals surface area contributed by atoms with Crippen LogP contribution < -0.4 is 4.72 Å². The predicted octanol–water partition coefficient (Wildman–Crippen LogP) is 1.53. The Hall–Kier alpha value is -1.40. The van der Waals surface area contributed by atoms with Crippen LogP contribution in [0.1, 0.15) is 25.3 Å². The van der Waals surface area contributed by atoms with E-state index in [2.05, 4.69) is 4.72 Å². The van der Waals surface area contributed by atoms with Gasteiger partial charge < -0.3 is 5.11 Å². The van der Waals surface area contributed by atoms with Crippen molar-refractivity contribution in [2.24, 2.45) is 0 Å². The predicted molar refractivity (Wildman–Crippen MR) is 67.8 cm³/mol. The fraction of sp³-hybridized carbons (Fsp3) is 0.417. The van der Waals surface area contributed by atoms with Crippen molar-refractivity contribution in [2.45, 2.75) is 37.6 Å². The summed E-state index contributed by atoms with van der Waals surface area (Å²) in [6.07, 6.45) is 0.207. The molecule has 6 heteroatoms. The Labute approximate surface area is 107 Å². The van der Waals surface area contributed by atoms with E-state index < -0.39 is 22.0 Å². The SMILES string of the molecule is CCC(CC(=O)O)NS(=O)(=O)c1ccccc1C. The van der Waals surface area contributed by atoms with Crippen LogP contribution in [0, 0.1) is 6.92 Å². The lowest BCUT2D eigenvalue weighted by Gasteiger charge is -2.16. The van der Waals surface area contributed by atoms with Gasteiger partial charge in [0.05, 0.1) is 11.3 Å². The molecule has 2 N–H and O–H groups in total. The van der Waals surface area contributed by atoms with E-state index in [1.807, 2.05) is 0 Å². The number of aryl methyl sites for hydroxylation is 1.